The van der Waals surface area contributed by atoms with E-state index in [2.05, 4.69) is 15.6 Å². The van der Waals surface area contributed by atoms with Crippen molar-refractivity contribution < 1.29 is 27.9 Å². The third-order valence-electron chi connectivity index (χ3n) is 3.98. The predicted octanol–water partition coefficient (Wildman–Crippen LogP) is 2.54. The predicted molar refractivity (Wildman–Crippen MR) is 111 cm³/mol. The molecule has 0 spiro atoms. The molecule has 31 heavy (non-hydrogen) atoms. The van der Waals surface area contributed by atoms with Crippen molar-refractivity contribution in [3.8, 4) is 11.5 Å². The number of amides is 2. The second kappa shape index (κ2) is 9.24. The van der Waals surface area contributed by atoms with Crippen molar-refractivity contribution in [2.75, 3.05) is 5.32 Å². The number of primary sulfonamides is 1. The number of nitrogens with one attached hydrogen (secondary N) is 2. The average molecular weight is 442 g/mol. The van der Waals surface area contributed by atoms with E-state index in [1.165, 1.54) is 42.6 Å². The van der Waals surface area contributed by atoms with Gasteiger partial charge >= 0.3 is 12.0 Å². The van der Waals surface area contributed by atoms with Crippen LogP contribution in [-0.2, 0) is 16.6 Å². The Morgan fingerprint density at radius 3 is 2.45 bits per heavy atom. The van der Waals surface area contributed by atoms with Crippen LogP contribution in [0.1, 0.15) is 16.1 Å². The molecule has 1 heterocycles. The summed E-state index contributed by atoms with van der Waals surface area (Å²) >= 11 is 0. The quantitative estimate of drug-likeness (QED) is 0.437. The number of nitrogens with zero attached hydrogens (tertiary/aromatic N) is 1. The van der Waals surface area contributed by atoms with Crippen LogP contribution in [0.3, 0.4) is 0 Å². The number of aromatic nitrogens is 1. The number of carbonyl (C=O) groups excluding carboxylic acids is 1. The lowest BCUT2D eigenvalue weighted by Crippen LogP contribution is -2.28. The Labute approximate surface area is 177 Å². The van der Waals surface area contributed by atoms with Gasteiger partial charge in [-0.2, -0.15) is 0 Å². The zero-order valence-electron chi connectivity index (χ0n) is 16.0. The molecule has 0 bridgehead atoms. The maximum Gasteiger partial charge on any atom is 0.354 e. The molecule has 1 aromatic heterocycles. The molecule has 160 valence electrons. The molecule has 2 amide bonds. The summed E-state index contributed by atoms with van der Waals surface area (Å²) < 4.78 is 28.4. The number of nitrogens with two attached hydrogens (primary N) is 1. The fourth-order valence-corrected chi connectivity index (χ4v) is 3.07. The van der Waals surface area contributed by atoms with Gasteiger partial charge in [0.1, 0.15) is 11.5 Å². The van der Waals surface area contributed by atoms with Gasteiger partial charge in [0, 0.05) is 24.5 Å². The highest BCUT2D eigenvalue weighted by Gasteiger charge is 2.10. The van der Waals surface area contributed by atoms with Crippen LogP contribution >= 0.6 is 0 Å². The summed E-state index contributed by atoms with van der Waals surface area (Å²) in [6, 6.07) is 14.7. The van der Waals surface area contributed by atoms with E-state index in [0.717, 1.165) is 5.56 Å². The fraction of sp³-hybridized carbons (Fsp3) is 0.0500. The van der Waals surface area contributed by atoms with E-state index in [0.29, 0.717) is 11.5 Å². The standard InChI is InChI=1S/C20H18N4O6S/c21-31(28,29)17-3-1-2-14(10-17)24-20(27)23-12-13-4-6-15(7-5-13)30-16-8-9-22-18(11-16)19(25)26/h1-11H,12H2,(H,25,26)(H2,21,28,29)(H2,23,24,27). The van der Waals surface area contributed by atoms with Crippen molar-refractivity contribution >= 4 is 27.7 Å². The number of rotatable bonds is 7. The largest absolute Gasteiger partial charge is 0.477 e. The monoisotopic (exact) mass is 442 g/mol. The molecule has 0 radical (unpaired) electrons. The van der Waals surface area contributed by atoms with E-state index in [1.54, 1.807) is 24.3 Å². The summed E-state index contributed by atoms with van der Waals surface area (Å²) in [6.45, 7) is 0.208. The topological polar surface area (TPSA) is 161 Å². The molecule has 0 aliphatic carbocycles. The number of hydrogen-bond donors (Lipinski definition) is 4. The van der Waals surface area contributed by atoms with Gasteiger partial charge in [-0.05, 0) is 42.0 Å². The van der Waals surface area contributed by atoms with Crippen LogP contribution in [-0.4, -0.2) is 30.5 Å². The highest BCUT2D eigenvalue weighted by Crippen LogP contribution is 2.22. The van der Waals surface area contributed by atoms with Gasteiger partial charge in [-0.25, -0.2) is 28.1 Å². The summed E-state index contributed by atoms with van der Waals surface area (Å²) in [5.74, 6) is -0.337. The molecule has 10 nitrogen and oxygen atoms in total. The number of hydrogen-bond acceptors (Lipinski definition) is 6. The van der Waals surface area contributed by atoms with Gasteiger partial charge < -0.3 is 20.5 Å². The van der Waals surface area contributed by atoms with E-state index in [1.807, 2.05) is 0 Å². The highest BCUT2D eigenvalue weighted by atomic mass is 32.2. The zero-order valence-corrected chi connectivity index (χ0v) is 16.8. The van der Waals surface area contributed by atoms with E-state index < -0.39 is 22.0 Å². The molecule has 11 heteroatoms. The third kappa shape index (κ3) is 6.26. The molecule has 5 N–H and O–H groups in total. The molecule has 3 rings (SSSR count). The summed E-state index contributed by atoms with van der Waals surface area (Å²) in [6.07, 6.45) is 1.34. The molecule has 0 aliphatic heterocycles. The van der Waals surface area contributed by atoms with Gasteiger partial charge in [-0.3, -0.25) is 0 Å². The minimum absolute atomic E-state index is 0.106. The van der Waals surface area contributed by atoms with Crippen LogP contribution in [0.5, 0.6) is 11.5 Å². The average Bonchev–Trinajstić information content (AvgIpc) is 2.73. The molecular formula is C20H18N4O6S. The Hall–Kier alpha value is -3.96. The van der Waals surface area contributed by atoms with E-state index >= 15 is 0 Å². The van der Waals surface area contributed by atoms with Crippen molar-refractivity contribution in [3.63, 3.8) is 0 Å². The Morgan fingerprint density at radius 2 is 1.77 bits per heavy atom. The SMILES string of the molecule is NS(=O)(=O)c1cccc(NC(=O)NCc2ccc(Oc3ccnc(C(=O)O)c3)cc2)c1. The number of carbonyl (C=O) groups is 2. The lowest BCUT2D eigenvalue weighted by atomic mass is 10.2. The lowest BCUT2D eigenvalue weighted by Gasteiger charge is -2.10. The fourth-order valence-electron chi connectivity index (χ4n) is 2.51. The van der Waals surface area contributed by atoms with Gasteiger partial charge in [-0.1, -0.05) is 18.2 Å². The number of carboxylic acid groups (broad SMARTS) is 1. The first-order valence-corrected chi connectivity index (χ1v) is 10.4. The summed E-state index contributed by atoms with van der Waals surface area (Å²) in [5, 5.41) is 19.2. The number of sulfonamides is 1. The number of aromatic carboxylic acids is 1. The first kappa shape index (κ1) is 21.7. The Balaban J connectivity index is 1.55. The van der Waals surface area contributed by atoms with Crippen LogP contribution < -0.4 is 20.5 Å². The smallest absolute Gasteiger partial charge is 0.354 e. The first-order valence-electron chi connectivity index (χ1n) is 8.84. The molecule has 0 saturated carbocycles. The lowest BCUT2D eigenvalue weighted by molar-refractivity contribution is 0.0690. The second-order valence-electron chi connectivity index (χ2n) is 6.31. The molecule has 0 unspecified atom stereocenters. The summed E-state index contributed by atoms with van der Waals surface area (Å²) in [7, 11) is -3.87. The van der Waals surface area contributed by atoms with Crippen LogP contribution in [0.15, 0.2) is 71.8 Å². The van der Waals surface area contributed by atoms with Gasteiger partial charge in [0.15, 0.2) is 5.69 Å². The molecule has 2 aromatic carbocycles. The number of ether oxygens (including phenoxy) is 1. The normalized spacial score (nSPS) is 10.9. The van der Waals surface area contributed by atoms with Crippen molar-refractivity contribution in [2.24, 2.45) is 5.14 Å². The maximum absolute atomic E-state index is 12.1. The highest BCUT2D eigenvalue weighted by molar-refractivity contribution is 7.89. The Bertz CT molecular complexity index is 1210. The van der Waals surface area contributed by atoms with Crippen LogP contribution in [0.4, 0.5) is 10.5 Å². The van der Waals surface area contributed by atoms with E-state index in [-0.39, 0.29) is 22.8 Å². The maximum atomic E-state index is 12.1. The Morgan fingerprint density at radius 1 is 1.03 bits per heavy atom. The van der Waals surface area contributed by atoms with Crippen LogP contribution in [0.25, 0.3) is 0 Å². The number of carboxylic acids is 1. The Kier molecular flexibility index (Phi) is 6.48. The van der Waals surface area contributed by atoms with Gasteiger partial charge in [0.05, 0.1) is 4.90 Å². The molecular weight excluding hydrogens is 424 g/mol. The van der Waals surface area contributed by atoms with E-state index in [9.17, 15) is 18.0 Å². The van der Waals surface area contributed by atoms with Crippen LogP contribution in [0.2, 0.25) is 0 Å². The minimum Gasteiger partial charge on any atom is -0.477 e. The van der Waals surface area contributed by atoms with E-state index in [4.69, 9.17) is 15.0 Å². The molecule has 0 aliphatic rings. The first-order chi connectivity index (χ1) is 14.7. The van der Waals surface area contributed by atoms with Crippen molar-refractivity contribution in [1.82, 2.24) is 10.3 Å². The minimum atomic E-state index is -3.87. The molecule has 3 aromatic rings. The van der Waals surface area contributed by atoms with Gasteiger partial charge in [0.2, 0.25) is 10.0 Å². The number of anilines is 1. The second-order valence-corrected chi connectivity index (χ2v) is 7.87. The van der Waals surface area contributed by atoms with Crippen molar-refractivity contribution in [2.45, 2.75) is 11.4 Å². The van der Waals surface area contributed by atoms with Crippen molar-refractivity contribution in [3.05, 3.63) is 78.1 Å². The molecule has 0 fully saturated rings. The summed E-state index contributed by atoms with van der Waals surface area (Å²) in [4.78, 5) is 26.6. The number of pyridine rings is 1. The van der Waals surface area contributed by atoms with Crippen molar-refractivity contribution in [1.29, 1.82) is 0 Å². The number of urea groups is 1. The van der Waals surface area contributed by atoms with Crippen LogP contribution in [0, 0.1) is 0 Å². The third-order valence-corrected chi connectivity index (χ3v) is 4.89. The molecule has 0 saturated heterocycles. The number of benzene rings is 2. The van der Waals surface area contributed by atoms with Gasteiger partial charge in [0.25, 0.3) is 0 Å². The zero-order chi connectivity index (χ0) is 22.4. The van der Waals surface area contributed by atoms with Gasteiger partial charge in [-0.15, -0.1) is 0 Å². The summed E-state index contributed by atoms with van der Waals surface area (Å²) in [5.41, 5.74) is 0.937. The molecule has 0 atom stereocenters.